The molecule has 0 N–H and O–H groups in total. The zero-order valence-electron chi connectivity index (χ0n) is 11.5. The fourth-order valence-electron chi connectivity index (χ4n) is 2.23. The zero-order valence-corrected chi connectivity index (χ0v) is 11.5. The van der Waals surface area contributed by atoms with Crippen LogP contribution >= 0.6 is 0 Å². The summed E-state index contributed by atoms with van der Waals surface area (Å²) in [5.41, 5.74) is 0.722. The lowest BCUT2D eigenvalue weighted by molar-refractivity contribution is 0.0527. The Balaban J connectivity index is 4.60. The smallest absolute Gasteiger partial charge is 0.0816 e. The van der Waals surface area contributed by atoms with Crippen molar-refractivity contribution < 1.29 is 0 Å². The summed E-state index contributed by atoms with van der Waals surface area (Å²) in [6, 6.07) is 0. The van der Waals surface area contributed by atoms with Crippen molar-refractivity contribution in [1.82, 2.24) is 0 Å². The predicted octanol–water partition coefficient (Wildman–Crippen LogP) is 4.63. The van der Waals surface area contributed by atoms with Gasteiger partial charge in [-0.1, -0.05) is 53.6 Å². The zero-order chi connectivity index (χ0) is 12.3. The van der Waals surface area contributed by atoms with E-state index in [-0.39, 0.29) is 10.8 Å². The van der Waals surface area contributed by atoms with Crippen molar-refractivity contribution in [1.29, 1.82) is 0 Å². The van der Waals surface area contributed by atoms with Gasteiger partial charge in [-0.15, -0.1) is 0 Å². The van der Waals surface area contributed by atoms with E-state index in [4.69, 9.17) is 0 Å². The van der Waals surface area contributed by atoms with Crippen molar-refractivity contribution in [2.75, 3.05) is 6.54 Å². The summed E-state index contributed by atoms with van der Waals surface area (Å²) >= 11 is 0. The third-order valence-electron chi connectivity index (χ3n) is 3.63. The molecule has 0 fully saturated rings. The molecule has 0 atom stereocenters. The van der Waals surface area contributed by atoms with Crippen LogP contribution < -0.4 is 0 Å². The van der Waals surface area contributed by atoms with Gasteiger partial charge in [0.05, 0.1) is 6.54 Å². The van der Waals surface area contributed by atoms with Gasteiger partial charge in [0, 0.05) is 0 Å². The van der Waals surface area contributed by atoms with Crippen LogP contribution in [0.4, 0.5) is 0 Å². The van der Waals surface area contributed by atoms with Crippen LogP contribution in [0.1, 0.15) is 61.3 Å². The molecule has 0 aliphatic rings. The van der Waals surface area contributed by atoms with Gasteiger partial charge in [-0.05, 0) is 29.1 Å². The fourth-order valence-corrected chi connectivity index (χ4v) is 2.23. The lowest BCUT2D eigenvalue weighted by Crippen LogP contribution is -2.36. The van der Waals surface area contributed by atoms with E-state index < -0.39 is 0 Å². The Morgan fingerprint density at radius 2 is 1.33 bits per heavy atom. The Morgan fingerprint density at radius 3 is 1.67 bits per heavy atom. The molecule has 0 heterocycles. The molecule has 2 nitrogen and oxygen atoms in total. The van der Waals surface area contributed by atoms with E-state index in [1.807, 2.05) is 0 Å². The minimum Gasteiger partial charge on any atom is -0.151 e. The SMILES string of the molecule is CC(C)(C)CC(C)(C)C(C)(C)CCN=O. The van der Waals surface area contributed by atoms with E-state index in [2.05, 4.69) is 53.6 Å². The van der Waals surface area contributed by atoms with Crippen LogP contribution in [0, 0.1) is 21.2 Å². The van der Waals surface area contributed by atoms with Gasteiger partial charge in [-0.3, -0.25) is 0 Å². The minimum absolute atomic E-state index is 0.161. The highest BCUT2D eigenvalue weighted by Gasteiger charge is 2.39. The highest BCUT2D eigenvalue weighted by atomic mass is 16.3. The van der Waals surface area contributed by atoms with E-state index in [0.717, 1.165) is 12.8 Å². The van der Waals surface area contributed by atoms with E-state index in [1.54, 1.807) is 0 Å². The first kappa shape index (κ1) is 14.6. The monoisotopic (exact) mass is 213 g/mol. The molecule has 0 aromatic heterocycles. The van der Waals surface area contributed by atoms with Crippen molar-refractivity contribution in [3.05, 3.63) is 4.91 Å². The number of hydrogen-bond acceptors (Lipinski definition) is 2. The standard InChI is InChI=1S/C13H27NO/c1-11(2,3)10-13(6,7)12(4,5)8-9-14-15/h8-10H2,1-7H3. The van der Waals surface area contributed by atoms with Gasteiger partial charge < -0.3 is 0 Å². The molecule has 0 aromatic rings. The summed E-state index contributed by atoms with van der Waals surface area (Å²) in [5, 5.41) is 2.98. The first-order valence-corrected chi connectivity index (χ1v) is 5.81. The van der Waals surface area contributed by atoms with Crippen molar-refractivity contribution in [3.8, 4) is 0 Å². The number of rotatable bonds is 5. The van der Waals surface area contributed by atoms with Crippen LogP contribution in [0.15, 0.2) is 5.18 Å². The summed E-state index contributed by atoms with van der Waals surface area (Å²) in [6.07, 6.45) is 2.03. The molecule has 2 heteroatoms. The van der Waals surface area contributed by atoms with Crippen molar-refractivity contribution >= 4 is 0 Å². The second-order valence-corrected chi connectivity index (χ2v) is 7.11. The molecule has 0 aliphatic heterocycles. The summed E-state index contributed by atoms with van der Waals surface area (Å²) in [5.74, 6) is 0. The molecular formula is C13H27NO. The van der Waals surface area contributed by atoms with E-state index in [0.29, 0.717) is 12.0 Å². The molecular weight excluding hydrogens is 186 g/mol. The number of nitroso groups, excluding NO2 is 1. The molecule has 0 spiro atoms. The fraction of sp³-hybridized carbons (Fsp3) is 1.00. The lowest BCUT2D eigenvalue weighted by atomic mass is 9.60. The third-order valence-corrected chi connectivity index (χ3v) is 3.63. The normalized spacial score (nSPS) is 14.1. The van der Waals surface area contributed by atoms with E-state index in [9.17, 15) is 4.91 Å². The van der Waals surface area contributed by atoms with Gasteiger partial charge in [-0.2, -0.15) is 4.91 Å². The van der Waals surface area contributed by atoms with Crippen LogP contribution in [-0.4, -0.2) is 6.54 Å². The van der Waals surface area contributed by atoms with Gasteiger partial charge in [0.2, 0.25) is 0 Å². The van der Waals surface area contributed by atoms with Crippen LogP contribution in [0.5, 0.6) is 0 Å². The molecule has 15 heavy (non-hydrogen) atoms. The summed E-state index contributed by atoms with van der Waals surface area (Å²) < 4.78 is 0. The average molecular weight is 213 g/mol. The number of nitrogens with zero attached hydrogens (tertiary/aromatic N) is 1. The Bertz CT molecular complexity index is 211. The van der Waals surface area contributed by atoms with Gasteiger partial charge in [0.1, 0.15) is 0 Å². The molecule has 0 saturated heterocycles. The van der Waals surface area contributed by atoms with Gasteiger partial charge in [0.15, 0.2) is 0 Å². The number of hydrogen-bond donors (Lipinski definition) is 0. The Hall–Kier alpha value is -0.400. The van der Waals surface area contributed by atoms with Gasteiger partial charge >= 0.3 is 0 Å². The molecule has 0 amide bonds. The summed E-state index contributed by atoms with van der Waals surface area (Å²) in [7, 11) is 0. The summed E-state index contributed by atoms with van der Waals surface area (Å²) in [6.45, 7) is 16.3. The van der Waals surface area contributed by atoms with Gasteiger partial charge in [-0.25, -0.2) is 0 Å². The van der Waals surface area contributed by atoms with Gasteiger partial charge in [0.25, 0.3) is 0 Å². The molecule has 90 valence electrons. The highest BCUT2D eigenvalue weighted by molar-refractivity contribution is 4.89. The Morgan fingerprint density at radius 1 is 0.867 bits per heavy atom. The first-order valence-electron chi connectivity index (χ1n) is 5.81. The maximum absolute atomic E-state index is 10.2. The van der Waals surface area contributed by atoms with E-state index >= 15 is 0 Å². The van der Waals surface area contributed by atoms with Crippen LogP contribution in [-0.2, 0) is 0 Å². The largest absolute Gasteiger partial charge is 0.151 e. The molecule has 0 unspecified atom stereocenters. The molecule has 0 aromatic carbocycles. The lowest BCUT2D eigenvalue weighted by Gasteiger charge is -2.45. The topological polar surface area (TPSA) is 29.4 Å². The van der Waals surface area contributed by atoms with Crippen LogP contribution in [0.3, 0.4) is 0 Å². The van der Waals surface area contributed by atoms with E-state index in [1.165, 1.54) is 0 Å². The quantitative estimate of drug-likeness (QED) is 0.612. The molecule has 0 bridgehead atoms. The summed E-state index contributed by atoms with van der Waals surface area (Å²) in [4.78, 5) is 10.2. The van der Waals surface area contributed by atoms with Crippen molar-refractivity contribution in [3.63, 3.8) is 0 Å². The molecule has 0 aliphatic carbocycles. The maximum atomic E-state index is 10.2. The molecule has 0 rings (SSSR count). The average Bonchev–Trinajstić information content (AvgIpc) is 1.96. The predicted molar refractivity (Wildman–Crippen MR) is 66.9 cm³/mol. The van der Waals surface area contributed by atoms with Crippen molar-refractivity contribution in [2.45, 2.75) is 61.3 Å². The first-order chi connectivity index (χ1) is 6.52. The van der Waals surface area contributed by atoms with Crippen LogP contribution in [0.2, 0.25) is 0 Å². The molecule has 0 saturated carbocycles. The minimum atomic E-state index is 0.161. The molecule has 0 radical (unpaired) electrons. The second kappa shape index (κ2) is 4.63. The van der Waals surface area contributed by atoms with Crippen LogP contribution in [0.25, 0.3) is 0 Å². The highest BCUT2D eigenvalue weighted by Crippen LogP contribution is 2.48. The maximum Gasteiger partial charge on any atom is 0.0816 e. The third kappa shape index (κ3) is 4.76. The van der Waals surface area contributed by atoms with Crippen molar-refractivity contribution in [2.24, 2.45) is 21.4 Å². The Kier molecular flexibility index (Phi) is 4.50. The second-order valence-electron chi connectivity index (χ2n) is 7.11. The Labute approximate surface area is 94.8 Å².